The highest BCUT2D eigenvalue weighted by molar-refractivity contribution is 5.93. The fourth-order valence-electron chi connectivity index (χ4n) is 3.58. The summed E-state index contributed by atoms with van der Waals surface area (Å²) in [6.45, 7) is 1.60. The van der Waals surface area contributed by atoms with E-state index >= 15 is 0 Å². The molecule has 1 aliphatic rings. The van der Waals surface area contributed by atoms with E-state index < -0.39 is 0 Å². The molecule has 1 aromatic carbocycles. The zero-order valence-corrected chi connectivity index (χ0v) is 14.0. The molecule has 1 aliphatic heterocycles. The van der Waals surface area contributed by atoms with Crippen LogP contribution in [0.4, 0.5) is 0 Å². The Bertz CT molecular complexity index is 868. The number of benzene rings is 1. The average molecular weight is 332 g/mol. The minimum Gasteiger partial charge on any atom is -0.339 e. The van der Waals surface area contributed by atoms with Crippen LogP contribution in [0.25, 0.3) is 10.9 Å². The molecule has 3 heterocycles. The summed E-state index contributed by atoms with van der Waals surface area (Å²) in [5, 5.41) is 8.77. The highest BCUT2D eigenvalue weighted by Crippen LogP contribution is 2.26. The molecule has 25 heavy (non-hydrogen) atoms. The maximum atomic E-state index is 12.5. The van der Waals surface area contributed by atoms with Crippen LogP contribution in [0.3, 0.4) is 0 Å². The first-order valence-corrected chi connectivity index (χ1v) is 8.70. The van der Waals surface area contributed by atoms with Crippen LogP contribution in [0.1, 0.15) is 28.8 Å². The number of carbonyl (C=O) groups is 1. The number of hydrogen-bond donors (Lipinski definition) is 0. The van der Waals surface area contributed by atoms with Gasteiger partial charge in [0, 0.05) is 24.7 Å². The van der Waals surface area contributed by atoms with Crippen LogP contribution in [0.5, 0.6) is 0 Å². The van der Waals surface area contributed by atoms with Crippen LogP contribution in [-0.4, -0.2) is 39.1 Å². The molecule has 0 unspecified atom stereocenters. The second kappa shape index (κ2) is 6.97. The van der Waals surface area contributed by atoms with Crippen molar-refractivity contribution in [3.05, 3.63) is 66.1 Å². The molecule has 126 valence electrons. The van der Waals surface area contributed by atoms with Crippen LogP contribution in [0.2, 0.25) is 0 Å². The number of aromatic nitrogens is 3. The van der Waals surface area contributed by atoms with E-state index in [1.54, 1.807) is 12.3 Å². The van der Waals surface area contributed by atoms with E-state index in [-0.39, 0.29) is 5.91 Å². The van der Waals surface area contributed by atoms with Gasteiger partial charge < -0.3 is 4.90 Å². The predicted octanol–water partition coefficient (Wildman–Crippen LogP) is 3.12. The summed E-state index contributed by atoms with van der Waals surface area (Å²) in [6, 6.07) is 12.2. The molecule has 0 radical (unpaired) electrons. The molecule has 0 bridgehead atoms. The standard InChI is InChI=1S/C20H20N4O/c25-20(17-6-10-22-23-14-17)24-11-7-15(8-12-24)13-16-5-9-21-19-4-2-1-3-18(16)19/h1-6,9-10,14-15H,7-8,11-13H2. The Morgan fingerprint density at radius 1 is 1.04 bits per heavy atom. The van der Waals surface area contributed by atoms with Gasteiger partial charge >= 0.3 is 0 Å². The van der Waals surface area contributed by atoms with Crippen LogP contribution >= 0.6 is 0 Å². The monoisotopic (exact) mass is 332 g/mol. The summed E-state index contributed by atoms with van der Waals surface area (Å²) >= 11 is 0. The Morgan fingerprint density at radius 2 is 1.88 bits per heavy atom. The number of amides is 1. The first-order chi connectivity index (χ1) is 12.3. The van der Waals surface area contributed by atoms with Gasteiger partial charge in [0.15, 0.2) is 0 Å². The predicted molar refractivity (Wildman–Crippen MR) is 96.1 cm³/mol. The molecule has 5 heteroatoms. The Morgan fingerprint density at radius 3 is 2.68 bits per heavy atom. The molecule has 1 fully saturated rings. The molecule has 0 spiro atoms. The lowest BCUT2D eigenvalue weighted by Gasteiger charge is -2.32. The third kappa shape index (κ3) is 3.36. The maximum Gasteiger partial charge on any atom is 0.255 e. The van der Waals surface area contributed by atoms with Gasteiger partial charge in [0.2, 0.25) is 0 Å². The molecule has 0 atom stereocenters. The Hall–Kier alpha value is -2.82. The second-order valence-corrected chi connectivity index (χ2v) is 6.56. The highest BCUT2D eigenvalue weighted by atomic mass is 16.2. The summed E-state index contributed by atoms with van der Waals surface area (Å²) < 4.78 is 0. The molecule has 2 aromatic heterocycles. The molecule has 0 aliphatic carbocycles. The molecule has 4 rings (SSSR count). The molecular weight excluding hydrogens is 312 g/mol. The van der Waals surface area contributed by atoms with Gasteiger partial charge in [-0.2, -0.15) is 10.2 Å². The highest BCUT2D eigenvalue weighted by Gasteiger charge is 2.24. The summed E-state index contributed by atoms with van der Waals surface area (Å²) in [6.07, 6.45) is 8.10. The van der Waals surface area contributed by atoms with Crippen molar-refractivity contribution in [3.63, 3.8) is 0 Å². The zero-order valence-electron chi connectivity index (χ0n) is 14.0. The smallest absolute Gasteiger partial charge is 0.255 e. The molecule has 1 saturated heterocycles. The van der Waals surface area contributed by atoms with E-state index in [1.807, 2.05) is 17.2 Å². The van der Waals surface area contributed by atoms with Crippen LogP contribution < -0.4 is 0 Å². The first kappa shape index (κ1) is 15.7. The third-order valence-corrected chi connectivity index (χ3v) is 4.98. The summed E-state index contributed by atoms with van der Waals surface area (Å²) in [7, 11) is 0. The number of likely N-dealkylation sites (tertiary alicyclic amines) is 1. The van der Waals surface area contributed by atoms with Gasteiger partial charge in [-0.05, 0) is 48.9 Å². The number of pyridine rings is 1. The Labute approximate surface area is 146 Å². The topological polar surface area (TPSA) is 59.0 Å². The van der Waals surface area contributed by atoms with E-state index in [0.29, 0.717) is 11.5 Å². The summed E-state index contributed by atoms with van der Waals surface area (Å²) in [5.41, 5.74) is 3.03. The van der Waals surface area contributed by atoms with E-state index in [0.717, 1.165) is 37.9 Å². The van der Waals surface area contributed by atoms with Crippen LogP contribution in [0, 0.1) is 5.92 Å². The number of hydrogen-bond acceptors (Lipinski definition) is 4. The quantitative estimate of drug-likeness (QED) is 0.739. The molecular formula is C20H20N4O. The van der Waals surface area contributed by atoms with Crippen LogP contribution in [0.15, 0.2) is 55.0 Å². The van der Waals surface area contributed by atoms with Crippen molar-refractivity contribution in [1.82, 2.24) is 20.1 Å². The fourth-order valence-corrected chi connectivity index (χ4v) is 3.58. The first-order valence-electron chi connectivity index (χ1n) is 8.70. The summed E-state index contributed by atoms with van der Waals surface area (Å²) in [5.74, 6) is 0.660. The second-order valence-electron chi connectivity index (χ2n) is 6.56. The van der Waals surface area contributed by atoms with E-state index in [4.69, 9.17) is 0 Å². The SMILES string of the molecule is O=C(c1ccnnc1)N1CCC(Cc2ccnc3ccccc23)CC1. The zero-order chi connectivity index (χ0) is 17.1. The largest absolute Gasteiger partial charge is 0.339 e. The molecule has 0 N–H and O–H groups in total. The van der Waals surface area contributed by atoms with Crippen LogP contribution in [-0.2, 0) is 6.42 Å². The number of para-hydroxylation sites is 1. The van der Waals surface area contributed by atoms with Gasteiger partial charge in [-0.1, -0.05) is 18.2 Å². The van der Waals surface area contributed by atoms with Crippen molar-refractivity contribution in [2.75, 3.05) is 13.1 Å². The summed E-state index contributed by atoms with van der Waals surface area (Å²) in [4.78, 5) is 18.9. The van der Waals surface area contributed by atoms with Crippen molar-refractivity contribution < 1.29 is 4.79 Å². The van der Waals surface area contributed by atoms with Crippen molar-refractivity contribution >= 4 is 16.8 Å². The molecule has 0 saturated carbocycles. The van der Waals surface area contributed by atoms with Gasteiger partial charge in [0.05, 0.1) is 23.5 Å². The van der Waals surface area contributed by atoms with Gasteiger partial charge in [0.25, 0.3) is 5.91 Å². The Kier molecular flexibility index (Phi) is 4.37. The van der Waals surface area contributed by atoms with Crippen molar-refractivity contribution in [1.29, 1.82) is 0 Å². The number of fused-ring (bicyclic) bond motifs is 1. The fraction of sp³-hybridized carbons (Fsp3) is 0.300. The molecule has 1 amide bonds. The van der Waals surface area contributed by atoms with E-state index in [2.05, 4.69) is 39.4 Å². The average Bonchev–Trinajstić information content (AvgIpc) is 2.69. The van der Waals surface area contributed by atoms with Gasteiger partial charge in [-0.25, -0.2) is 0 Å². The number of carbonyl (C=O) groups excluding carboxylic acids is 1. The molecule has 3 aromatic rings. The number of piperidine rings is 1. The van der Waals surface area contributed by atoms with Gasteiger partial charge in [-0.3, -0.25) is 9.78 Å². The Balaban J connectivity index is 1.41. The normalized spacial score (nSPS) is 15.4. The number of nitrogens with zero attached hydrogens (tertiary/aromatic N) is 4. The minimum atomic E-state index is 0.0581. The van der Waals surface area contributed by atoms with Crippen molar-refractivity contribution in [3.8, 4) is 0 Å². The van der Waals surface area contributed by atoms with E-state index in [9.17, 15) is 4.79 Å². The number of rotatable bonds is 3. The lowest BCUT2D eigenvalue weighted by atomic mass is 9.89. The minimum absolute atomic E-state index is 0.0581. The van der Waals surface area contributed by atoms with Gasteiger partial charge in [0.1, 0.15) is 0 Å². The lowest BCUT2D eigenvalue weighted by Crippen LogP contribution is -2.39. The maximum absolute atomic E-state index is 12.5. The molecule has 5 nitrogen and oxygen atoms in total. The van der Waals surface area contributed by atoms with Crippen molar-refractivity contribution in [2.24, 2.45) is 5.92 Å². The van der Waals surface area contributed by atoms with E-state index in [1.165, 1.54) is 17.1 Å². The lowest BCUT2D eigenvalue weighted by molar-refractivity contribution is 0.0690. The third-order valence-electron chi connectivity index (χ3n) is 4.98. The van der Waals surface area contributed by atoms with Gasteiger partial charge in [-0.15, -0.1) is 0 Å². The van der Waals surface area contributed by atoms with Crippen molar-refractivity contribution in [2.45, 2.75) is 19.3 Å².